The number of hydrogen-bond acceptors (Lipinski definition) is 1. The second-order valence-electron chi connectivity index (χ2n) is 8.03. The third kappa shape index (κ3) is 3.66. The van der Waals surface area contributed by atoms with E-state index in [0.717, 1.165) is 57.7 Å². The van der Waals surface area contributed by atoms with Crippen LogP contribution in [0, 0.1) is 0 Å². The van der Waals surface area contributed by atoms with Crippen LogP contribution in [0.2, 0.25) is 10.0 Å². The van der Waals surface area contributed by atoms with Crippen molar-refractivity contribution in [3.05, 3.63) is 88.7 Å². The molecule has 0 saturated heterocycles. The topological polar surface area (TPSA) is 21.4 Å². The van der Waals surface area contributed by atoms with Gasteiger partial charge >= 0.3 is 0 Å². The Labute approximate surface area is 203 Å². The Morgan fingerprint density at radius 3 is 2.31 bits per heavy atom. The van der Waals surface area contributed by atoms with E-state index in [9.17, 15) is 0 Å². The smallest absolute Gasteiger partial charge is 0.124 e. The first-order valence-electron chi connectivity index (χ1n) is 10.8. The Balaban J connectivity index is 1.81. The molecule has 0 amide bonds. The van der Waals surface area contributed by atoms with Gasteiger partial charge in [-0.1, -0.05) is 65.8 Å². The maximum Gasteiger partial charge on any atom is 0.124 e. The molecule has 3 heterocycles. The largest absolute Gasteiger partial charge is 0.371 e. The predicted octanol–water partition coefficient (Wildman–Crippen LogP) is 7.17. The minimum absolute atomic E-state index is 0.617. The molecule has 1 aliphatic heterocycles. The molecule has 162 valence electrons. The Kier molecular flexibility index (Phi) is 5.85. The number of nitrogens with zero attached hydrogens (tertiary/aromatic N) is 2. The summed E-state index contributed by atoms with van der Waals surface area (Å²) in [7, 11) is 0. The van der Waals surface area contributed by atoms with Crippen LogP contribution in [0.15, 0.2) is 67.4 Å². The Morgan fingerprint density at radius 2 is 1.66 bits per heavy atom. The zero-order valence-corrected chi connectivity index (χ0v) is 19.9. The average molecular weight is 480 g/mol. The summed E-state index contributed by atoms with van der Waals surface area (Å²) >= 11 is 18.2. The van der Waals surface area contributed by atoms with Gasteiger partial charge in [0, 0.05) is 40.5 Å². The molecule has 32 heavy (non-hydrogen) atoms. The quantitative estimate of drug-likeness (QED) is 0.242. The SMILES string of the molecule is C=CCNC(=S)c1c(-c2ccc(Cl)cc2)c2c3n(c(-c4ccc(Cl)cc4)cn13)CCCC2. The molecule has 0 bridgehead atoms. The summed E-state index contributed by atoms with van der Waals surface area (Å²) in [6, 6.07) is 16.1. The van der Waals surface area contributed by atoms with Gasteiger partial charge in [-0.05, 0) is 54.7 Å². The molecule has 5 rings (SSSR count). The number of rotatable bonds is 5. The second-order valence-corrected chi connectivity index (χ2v) is 9.31. The van der Waals surface area contributed by atoms with Crippen molar-refractivity contribution in [1.29, 1.82) is 0 Å². The van der Waals surface area contributed by atoms with Gasteiger partial charge in [-0.2, -0.15) is 0 Å². The molecule has 0 spiro atoms. The van der Waals surface area contributed by atoms with E-state index in [-0.39, 0.29) is 0 Å². The third-order valence-corrected chi connectivity index (χ3v) is 6.87. The first kappa shape index (κ1) is 21.3. The fourth-order valence-corrected chi connectivity index (χ4v) is 5.17. The van der Waals surface area contributed by atoms with E-state index in [1.807, 2.05) is 30.3 Å². The summed E-state index contributed by atoms with van der Waals surface area (Å²) < 4.78 is 4.71. The molecule has 0 unspecified atom stereocenters. The number of aromatic nitrogens is 2. The number of imidazole rings is 1. The van der Waals surface area contributed by atoms with Gasteiger partial charge in [0.2, 0.25) is 0 Å². The highest BCUT2D eigenvalue weighted by molar-refractivity contribution is 7.80. The number of thiocarbonyl (C=S) groups is 1. The van der Waals surface area contributed by atoms with Crippen LogP contribution >= 0.6 is 35.4 Å². The zero-order chi connectivity index (χ0) is 22.2. The molecule has 2 aromatic carbocycles. The highest BCUT2D eigenvalue weighted by Crippen LogP contribution is 2.40. The molecule has 6 heteroatoms. The standard InChI is InChI=1S/C26H23Cl2N3S/c1-2-14-29-25(32)24-23(18-8-12-20(28)13-9-18)21-5-3-4-15-30-22(16-31(24)26(21)30)17-6-10-19(27)11-7-17/h2,6-13,16H,1,3-5,14-15H2,(H,29,32). The average Bonchev–Trinajstić information content (AvgIpc) is 3.21. The van der Waals surface area contributed by atoms with E-state index >= 15 is 0 Å². The third-order valence-electron chi connectivity index (χ3n) is 6.03. The van der Waals surface area contributed by atoms with Gasteiger partial charge in [-0.15, -0.1) is 6.58 Å². The fraction of sp³-hybridized carbons (Fsp3) is 0.192. The van der Waals surface area contributed by atoms with Gasteiger partial charge in [0.05, 0.1) is 11.4 Å². The summed E-state index contributed by atoms with van der Waals surface area (Å²) in [5, 5.41) is 4.82. The fourth-order valence-electron chi connectivity index (χ4n) is 4.64. The Hall–Kier alpha value is -2.53. The number of halogens is 2. The first-order valence-corrected chi connectivity index (χ1v) is 11.9. The van der Waals surface area contributed by atoms with Crippen molar-refractivity contribution >= 4 is 46.1 Å². The van der Waals surface area contributed by atoms with E-state index < -0.39 is 0 Å². The van der Waals surface area contributed by atoms with Crippen molar-refractivity contribution in [1.82, 2.24) is 14.3 Å². The van der Waals surface area contributed by atoms with Crippen LogP contribution in [0.4, 0.5) is 0 Å². The molecule has 2 aromatic heterocycles. The van der Waals surface area contributed by atoms with Crippen LogP contribution in [0.3, 0.4) is 0 Å². The summed E-state index contributed by atoms with van der Waals surface area (Å²) in [6.45, 7) is 5.42. The van der Waals surface area contributed by atoms with Crippen molar-refractivity contribution in [2.24, 2.45) is 0 Å². The van der Waals surface area contributed by atoms with Gasteiger partial charge in [0.15, 0.2) is 0 Å². The Bertz CT molecular complexity index is 1310. The van der Waals surface area contributed by atoms with Crippen LogP contribution in [-0.2, 0) is 13.0 Å². The van der Waals surface area contributed by atoms with Gasteiger partial charge in [0.1, 0.15) is 10.6 Å². The van der Waals surface area contributed by atoms with E-state index in [0.29, 0.717) is 6.54 Å². The molecule has 0 radical (unpaired) electrons. The maximum atomic E-state index is 6.20. The second kappa shape index (κ2) is 8.78. The minimum Gasteiger partial charge on any atom is -0.371 e. The minimum atomic E-state index is 0.617. The maximum absolute atomic E-state index is 6.20. The van der Waals surface area contributed by atoms with Gasteiger partial charge < -0.3 is 9.88 Å². The summed E-state index contributed by atoms with van der Waals surface area (Å²) in [5.41, 5.74) is 8.22. The van der Waals surface area contributed by atoms with Gasteiger partial charge in [0.25, 0.3) is 0 Å². The summed E-state index contributed by atoms with van der Waals surface area (Å²) in [6.07, 6.45) is 7.31. The van der Waals surface area contributed by atoms with Gasteiger partial charge in [-0.25, -0.2) is 0 Å². The molecule has 0 aliphatic carbocycles. The molecular formula is C26H23Cl2N3S. The van der Waals surface area contributed by atoms with E-state index in [1.165, 1.54) is 22.5 Å². The predicted molar refractivity (Wildman–Crippen MR) is 139 cm³/mol. The number of aryl methyl sites for hydroxylation is 2. The molecule has 1 aliphatic rings. The van der Waals surface area contributed by atoms with E-state index in [1.54, 1.807) is 0 Å². The number of benzene rings is 2. The molecule has 3 nitrogen and oxygen atoms in total. The van der Waals surface area contributed by atoms with Crippen molar-refractivity contribution in [3.8, 4) is 22.4 Å². The van der Waals surface area contributed by atoms with Crippen LogP contribution in [0.1, 0.15) is 24.1 Å². The number of nitrogens with one attached hydrogen (secondary N) is 1. The molecule has 0 atom stereocenters. The lowest BCUT2D eigenvalue weighted by molar-refractivity contribution is 0.647. The van der Waals surface area contributed by atoms with Crippen molar-refractivity contribution in [3.63, 3.8) is 0 Å². The van der Waals surface area contributed by atoms with E-state index in [4.69, 9.17) is 35.4 Å². The Morgan fingerprint density at radius 1 is 1.00 bits per heavy atom. The van der Waals surface area contributed by atoms with Gasteiger partial charge in [-0.3, -0.25) is 4.40 Å². The van der Waals surface area contributed by atoms with Crippen LogP contribution in [-0.4, -0.2) is 20.5 Å². The van der Waals surface area contributed by atoms with Crippen LogP contribution in [0.5, 0.6) is 0 Å². The summed E-state index contributed by atoms with van der Waals surface area (Å²) in [5.74, 6) is 0. The zero-order valence-electron chi connectivity index (χ0n) is 17.6. The van der Waals surface area contributed by atoms with Crippen molar-refractivity contribution in [2.75, 3.05) is 6.54 Å². The van der Waals surface area contributed by atoms with Crippen molar-refractivity contribution < 1.29 is 0 Å². The van der Waals surface area contributed by atoms with Crippen molar-refractivity contribution in [2.45, 2.75) is 25.8 Å². The van der Waals surface area contributed by atoms with E-state index in [2.05, 4.69) is 51.3 Å². The van der Waals surface area contributed by atoms with Crippen LogP contribution in [0.25, 0.3) is 28.0 Å². The summed E-state index contributed by atoms with van der Waals surface area (Å²) in [4.78, 5) is 0.719. The monoisotopic (exact) mass is 479 g/mol. The first-order chi connectivity index (χ1) is 15.6. The lowest BCUT2D eigenvalue weighted by Gasteiger charge is -2.11. The molecular weight excluding hydrogens is 457 g/mol. The van der Waals surface area contributed by atoms with Crippen LogP contribution < -0.4 is 5.32 Å². The number of hydrogen-bond donors (Lipinski definition) is 1. The molecule has 0 fully saturated rings. The lowest BCUT2D eigenvalue weighted by atomic mass is 9.98. The molecule has 4 aromatic rings. The lowest BCUT2D eigenvalue weighted by Crippen LogP contribution is -2.24. The molecule has 1 N–H and O–H groups in total. The normalized spacial score (nSPS) is 13.2. The highest BCUT2D eigenvalue weighted by Gasteiger charge is 2.28. The highest BCUT2D eigenvalue weighted by atomic mass is 35.5. The molecule has 0 saturated carbocycles.